The Morgan fingerprint density at radius 2 is 2.19 bits per heavy atom. The molecule has 26 heavy (non-hydrogen) atoms. The zero-order valence-corrected chi connectivity index (χ0v) is 14.1. The Morgan fingerprint density at radius 3 is 3.00 bits per heavy atom. The van der Waals surface area contributed by atoms with Crippen LogP contribution < -0.4 is 10.1 Å². The molecule has 1 saturated heterocycles. The lowest BCUT2D eigenvalue weighted by atomic mass is 10.1. The third-order valence-corrected chi connectivity index (χ3v) is 4.28. The van der Waals surface area contributed by atoms with Crippen LogP contribution in [-0.2, 0) is 4.74 Å². The van der Waals surface area contributed by atoms with Crippen LogP contribution in [0.1, 0.15) is 16.9 Å². The zero-order chi connectivity index (χ0) is 17.8. The van der Waals surface area contributed by atoms with Gasteiger partial charge in [-0.25, -0.2) is 15.0 Å². The molecule has 0 aliphatic carbocycles. The van der Waals surface area contributed by atoms with Crippen LogP contribution in [0.15, 0.2) is 49.1 Å². The summed E-state index contributed by atoms with van der Waals surface area (Å²) in [5.41, 5.74) is 1.00. The van der Waals surface area contributed by atoms with Gasteiger partial charge in [-0.1, -0.05) is 0 Å². The molecule has 3 heterocycles. The molecule has 0 bridgehead atoms. The monoisotopic (exact) mass is 350 g/mol. The summed E-state index contributed by atoms with van der Waals surface area (Å²) in [7, 11) is 0. The van der Waals surface area contributed by atoms with E-state index in [9.17, 15) is 4.79 Å². The summed E-state index contributed by atoms with van der Waals surface area (Å²) in [6.45, 7) is 2.13. The first-order valence-electron chi connectivity index (χ1n) is 8.46. The highest BCUT2D eigenvalue weighted by Crippen LogP contribution is 2.27. The summed E-state index contributed by atoms with van der Waals surface area (Å²) < 4.78 is 11.3. The van der Waals surface area contributed by atoms with Crippen molar-refractivity contribution in [2.24, 2.45) is 5.92 Å². The predicted molar refractivity (Wildman–Crippen MR) is 96.1 cm³/mol. The topological polar surface area (TPSA) is 86.2 Å². The SMILES string of the molecule is O=C(Nc1ccc2c(OCC3CCOC3)nccc2c1)c1ccncn1. The maximum absolute atomic E-state index is 12.2. The van der Waals surface area contributed by atoms with Crippen LogP contribution in [0.5, 0.6) is 5.88 Å². The van der Waals surface area contributed by atoms with E-state index in [0.29, 0.717) is 29.8 Å². The van der Waals surface area contributed by atoms with E-state index in [2.05, 4.69) is 20.3 Å². The lowest BCUT2D eigenvalue weighted by molar-refractivity contribution is 0.102. The van der Waals surface area contributed by atoms with E-state index in [0.717, 1.165) is 30.4 Å². The molecule has 7 heteroatoms. The third-order valence-electron chi connectivity index (χ3n) is 4.28. The number of carbonyl (C=O) groups is 1. The van der Waals surface area contributed by atoms with E-state index in [1.54, 1.807) is 12.3 Å². The smallest absolute Gasteiger partial charge is 0.274 e. The molecule has 4 rings (SSSR count). The molecule has 0 saturated carbocycles. The minimum absolute atomic E-state index is 0.279. The Kier molecular flexibility index (Phi) is 4.70. The standard InChI is InChI=1S/C19H18N4O3/c24-18(17-4-6-20-12-22-17)23-15-1-2-16-14(9-15)3-7-21-19(16)26-11-13-5-8-25-10-13/h1-4,6-7,9,12-13H,5,8,10-11H2,(H,23,24). The molecule has 1 unspecified atom stereocenters. The highest BCUT2D eigenvalue weighted by atomic mass is 16.5. The van der Waals surface area contributed by atoms with E-state index in [1.165, 1.54) is 12.5 Å². The largest absolute Gasteiger partial charge is 0.477 e. The van der Waals surface area contributed by atoms with Gasteiger partial charge in [0.25, 0.3) is 5.91 Å². The Hall–Kier alpha value is -3.06. The van der Waals surface area contributed by atoms with Crippen LogP contribution in [0.2, 0.25) is 0 Å². The van der Waals surface area contributed by atoms with Gasteiger partial charge in [0.15, 0.2) is 0 Å². The first-order valence-corrected chi connectivity index (χ1v) is 8.46. The Labute approximate surface area is 150 Å². The Bertz CT molecular complexity index is 911. The lowest BCUT2D eigenvalue weighted by Crippen LogP contribution is -2.13. The third kappa shape index (κ3) is 3.62. The van der Waals surface area contributed by atoms with Crippen molar-refractivity contribution in [3.8, 4) is 5.88 Å². The number of nitrogens with zero attached hydrogens (tertiary/aromatic N) is 3. The van der Waals surface area contributed by atoms with Crippen LogP contribution in [0.3, 0.4) is 0 Å². The number of hydrogen-bond acceptors (Lipinski definition) is 6. The number of pyridine rings is 1. The van der Waals surface area contributed by atoms with Crippen molar-refractivity contribution in [3.63, 3.8) is 0 Å². The second-order valence-electron chi connectivity index (χ2n) is 6.14. The molecular formula is C19H18N4O3. The Morgan fingerprint density at radius 1 is 1.23 bits per heavy atom. The molecule has 0 spiro atoms. The first-order chi connectivity index (χ1) is 12.8. The summed E-state index contributed by atoms with van der Waals surface area (Å²) in [5, 5.41) is 4.69. The van der Waals surface area contributed by atoms with Gasteiger partial charge in [-0.15, -0.1) is 0 Å². The van der Waals surface area contributed by atoms with Crippen LogP contribution in [0.25, 0.3) is 10.8 Å². The van der Waals surface area contributed by atoms with E-state index in [4.69, 9.17) is 9.47 Å². The number of anilines is 1. The van der Waals surface area contributed by atoms with Gasteiger partial charge in [-0.3, -0.25) is 4.79 Å². The van der Waals surface area contributed by atoms with Crippen molar-refractivity contribution in [1.82, 2.24) is 15.0 Å². The number of benzene rings is 1. The maximum Gasteiger partial charge on any atom is 0.274 e. The molecule has 1 aliphatic heterocycles. The number of rotatable bonds is 5. The molecule has 1 atom stereocenters. The van der Waals surface area contributed by atoms with Crippen molar-refractivity contribution in [2.45, 2.75) is 6.42 Å². The van der Waals surface area contributed by atoms with E-state index in [1.807, 2.05) is 24.3 Å². The fourth-order valence-corrected chi connectivity index (χ4v) is 2.87. The summed E-state index contributed by atoms with van der Waals surface area (Å²) in [4.78, 5) is 24.3. The molecule has 3 aromatic rings. The number of hydrogen-bond donors (Lipinski definition) is 1. The summed E-state index contributed by atoms with van der Waals surface area (Å²) in [6, 6.07) is 9.08. The van der Waals surface area contributed by atoms with Gasteiger partial charge in [-0.2, -0.15) is 0 Å². The number of amides is 1. The number of aromatic nitrogens is 3. The molecule has 7 nitrogen and oxygen atoms in total. The van der Waals surface area contributed by atoms with Crippen molar-refractivity contribution >= 4 is 22.4 Å². The van der Waals surface area contributed by atoms with Crippen LogP contribution in [-0.4, -0.2) is 40.7 Å². The van der Waals surface area contributed by atoms with Gasteiger partial charge >= 0.3 is 0 Å². The summed E-state index contributed by atoms with van der Waals surface area (Å²) in [6.07, 6.45) is 5.61. The average Bonchev–Trinajstić information content (AvgIpc) is 3.20. The Balaban J connectivity index is 1.51. The molecule has 1 aliphatic rings. The minimum Gasteiger partial charge on any atom is -0.477 e. The summed E-state index contributed by atoms with van der Waals surface area (Å²) >= 11 is 0. The second-order valence-corrected chi connectivity index (χ2v) is 6.14. The number of ether oxygens (including phenoxy) is 2. The maximum atomic E-state index is 12.2. The predicted octanol–water partition coefficient (Wildman–Crippen LogP) is 2.69. The quantitative estimate of drug-likeness (QED) is 0.761. The highest BCUT2D eigenvalue weighted by Gasteiger charge is 2.17. The van der Waals surface area contributed by atoms with E-state index >= 15 is 0 Å². The summed E-state index contributed by atoms with van der Waals surface area (Å²) in [5.74, 6) is 0.736. The average molecular weight is 350 g/mol. The molecule has 1 fully saturated rings. The number of carbonyl (C=O) groups excluding carboxylic acids is 1. The van der Waals surface area contributed by atoms with E-state index < -0.39 is 0 Å². The molecule has 1 aromatic carbocycles. The van der Waals surface area contributed by atoms with Gasteiger partial charge in [0, 0.05) is 36.0 Å². The zero-order valence-electron chi connectivity index (χ0n) is 14.1. The molecule has 0 radical (unpaired) electrons. The molecular weight excluding hydrogens is 332 g/mol. The van der Waals surface area contributed by atoms with Crippen molar-refractivity contribution in [2.75, 3.05) is 25.1 Å². The number of nitrogens with one attached hydrogen (secondary N) is 1. The van der Waals surface area contributed by atoms with Crippen LogP contribution in [0.4, 0.5) is 5.69 Å². The number of fused-ring (bicyclic) bond motifs is 1. The molecule has 1 amide bonds. The van der Waals surface area contributed by atoms with Crippen molar-refractivity contribution < 1.29 is 14.3 Å². The van der Waals surface area contributed by atoms with Crippen LogP contribution >= 0.6 is 0 Å². The highest BCUT2D eigenvalue weighted by molar-refractivity contribution is 6.04. The van der Waals surface area contributed by atoms with Gasteiger partial charge in [0.1, 0.15) is 12.0 Å². The lowest BCUT2D eigenvalue weighted by Gasteiger charge is -2.12. The normalized spacial score (nSPS) is 16.5. The van der Waals surface area contributed by atoms with Crippen LogP contribution in [0, 0.1) is 5.92 Å². The minimum atomic E-state index is -0.279. The first kappa shape index (κ1) is 16.4. The van der Waals surface area contributed by atoms with Gasteiger partial charge < -0.3 is 14.8 Å². The van der Waals surface area contributed by atoms with Gasteiger partial charge in [-0.05, 0) is 42.1 Å². The molecule has 132 valence electrons. The van der Waals surface area contributed by atoms with Gasteiger partial charge in [0.05, 0.1) is 13.2 Å². The molecule has 1 N–H and O–H groups in total. The van der Waals surface area contributed by atoms with Crippen molar-refractivity contribution in [1.29, 1.82) is 0 Å². The van der Waals surface area contributed by atoms with Crippen molar-refractivity contribution in [3.05, 3.63) is 54.7 Å². The van der Waals surface area contributed by atoms with Gasteiger partial charge in [0.2, 0.25) is 5.88 Å². The second kappa shape index (κ2) is 7.45. The molecule has 2 aromatic heterocycles. The fraction of sp³-hybridized carbons (Fsp3) is 0.263. The fourth-order valence-electron chi connectivity index (χ4n) is 2.87. The van der Waals surface area contributed by atoms with E-state index in [-0.39, 0.29) is 5.91 Å².